The fourth-order valence-electron chi connectivity index (χ4n) is 1.86. The second-order valence-corrected chi connectivity index (χ2v) is 5.56. The van der Waals surface area contributed by atoms with Crippen LogP contribution in [0.2, 0.25) is 0 Å². The average molecular weight is 322 g/mol. The number of benzene rings is 2. The van der Waals surface area contributed by atoms with Gasteiger partial charge in [0.05, 0.1) is 6.10 Å². The number of aliphatic hydroxyl groups is 1. The van der Waals surface area contributed by atoms with Gasteiger partial charge < -0.3 is 10.4 Å². The molecule has 0 aliphatic carbocycles. The van der Waals surface area contributed by atoms with Gasteiger partial charge in [-0.1, -0.05) is 28.1 Å². The van der Waals surface area contributed by atoms with E-state index in [0.29, 0.717) is 12.8 Å². The molecule has 0 aliphatic heterocycles. The van der Waals surface area contributed by atoms with Gasteiger partial charge in [-0.05, 0) is 48.4 Å². The molecule has 2 N–H and O–H groups in total. The lowest BCUT2D eigenvalue weighted by molar-refractivity contribution is -0.116. The van der Waals surface area contributed by atoms with Crippen molar-refractivity contribution in [2.75, 3.05) is 5.32 Å². The number of halogens is 1. The molecule has 0 spiro atoms. The molecule has 4 heteroatoms. The van der Waals surface area contributed by atoms with Gasteiger partial charge in [-0.25, -0.2) is 0 Å². The van der Waals surface area contributed by atoms with Gasteiger partial charge in [-0.3, -0.25) is 4.79 Å². The van der Waals surface area contributed by atoms with Crippen molar-refractivity contribution in [3.63, 3.8) is 0 Å². The minimum Gasteiger partial charge on any atom is -0.393 e. The van der Waals surface area contributed by atoms with E-state index in [2.05, 4.69) is 21.2 Å². The smallest absolute Gasteiger partial charge is 0.224 e. The van der Waals surface area contributed by atoms with Crippen LogP contribution in [0.3, 0.4) is 0 Å². The number of nitrogens with one attached hydrogen (secondary N) is 1. The summed E-state index contributed by atoms with van der Waals surface area (Å²) >= 11 is 3.43. The van der Waals surface area contributed by atoms with E-state index in [0.717, 1.165) is 20.9 Å². The van der Waals surface area contributed by atoms with Crippen LogP contribution in [0.5, 0.6) is 0 Å². The van der Waals surface area contributed by atoms with Crippen molar-refractivity contribution in [3.05, 3.63) is 40.9 Å². The number of hydrogen-bond acceptors (Lipinski definition) is 2. The van der Waals surface area contributed by atoms with Gasteiger partial charge in [0.2, 0.25) is 5.91 Å². The summed E-state index contributed by atoms with van der Waals surface area (Å²) in [5.74, 6) is -0.0719. The average Bonchev–Trinajstić information content (AvgIpc) is 2.36. The van der Waals surface area contributed by atoms with E-state index in [1.54, 1.807) is 6.92 Å². The van der Waals surface area contributed by atoms with E-state index in [4.69, 9.17) is 5.11 Å². The second kappa shape index (κ2) is 6.17. The first-order chi connectivity index (χ1) is 9.04. The molecule has 0 heterocycles. The first-order valence-corrected chi connectivity index (χ1v) is 7.01. The van der Waals surface area contributed by atoms with E-state index in [9.17, 15) is 4.79 Å². The number of anilines is 1. The Balaban J connectivity index is 2.09. The summed E-state index contributed by atoms with van der Waals surface area (Å²) in [7, 11) is 0. The standard InChI is InChI=1S/C15H16BrNO2/c1-10(18)2-7-15(19)17-14-6-4-11-8-13(16)5-3-12(11)9-14/h3-6,8-10,18H,2,7H2,1H3,(H,17,19). The molecule has 2 aromatic carbocycles. The van der Waals surface area contributed by atoms with Crippen molar-refractivity contribution < 1.29 is 9.90 Å². The van der Waals surface area contributed by atoms with E-state index in [-0.39, 0.29) is 5.91 Å². The summed E-state index contributed by atoms with van der Waals surface area (Å²) in [6.07, 6.45) is 0.363. The fourth-order valence-corrected chi connectivity index (χ4v) is 2.24. The van der Waals surface area contributed by atoms with Crippen LogP contribution in [0, 0.1) is 0 Å². The van der Waals surface area contributed by atoms with Crippen LogP contribution in [0.1, 0.15) is 19.8 Å². The molecular weight excluding hydrogens is 306 g/mol. The summed E-state index contributed by atoms with van der Waals surface area (Å²) in [6.45, 7) is 1.68. The van der Waals surface area contributed by atoms with Crippen molar-refractivity contribution in [2.24, 2.45) is 0 Å². The molecule has 2 rings (SSSR count). The monoisotopic (exact) mass is 321 g/mol. The SMILES string of the molecule is CC(O)CCC(=O)Nc1ccc2cc(Br)ccc2c1. The van der Waals surface area contributed by atoms with Crippen LogP contribution < -0.4 is 5.32 Å². The minimum atomic E-state index is -0.445. The Morgan fingerprint density at radius 3 is 2.68 bits per heavy atom. The highest BCUT2D eigenvalue weighted by molar-refractivity contribution is 9.10. The zero-order valence-electron chi connectivity index (χ0n) is 10.7. The van der Waals surface area contributed by atoms with E-state index < -0.39 is 6.10 Å². The molecule has 0 bridgehead atoms. The van der Waals surface area contributed by atoms with Crippen molar-refractivity contribution >= 4 is 38.3 Å². The maximum atomic E-state index is 11.7. The molecule has 2 aromatic rings. The minimum absolute atomic E-state index is 0.0719. The molecule has 100 valence electrons. The van der Waals surface area contributed by atoms with Crippen molar-refractivity contribution in [3.8, 4) is 0 Å². The van der Waals surface area contributed by atoms with Gasteiger partial charge in [0.15, 0.2) is 0 Å². The zero-order valence-corrected chi connectivity index (χ0v) is 12.3. The summed E-state index contributed by atoms with van der Waals surface area (Å²) < 4.78 is 1.04. The maximum absolute atomic E-state index is 11.7. The quantitative estimate of drug-likeness (QED) is 0.902. The second-order valence-electron chi connectivity index (χ2n) is 4.64. The maximum Gasteiger partial charge on any atom is 0.224 e. The van der Waals surface area contributed by atoms with Crippen molar-refractivity contribution in [1.29, 1.82) is 0 Å². The molecule has 0 aromatic heterocycles. The van der Waals surface area contributed by atoms with Crippen molar-refractivity contribution in [1.82, 2.24) is 0 Å². The van der Waals surface area contributed by atoms with Gasteiger partial charge in [-0.15, -0.1) is 0 Å². The molecule has 3 nitrogen and oxygen atoms in total. The Labute approximate surface area is 120 Å². The molecule has 0 saturated heterocycles. The van der Waals surface area contributed by atoms with Crippen LogP contribution in [0.25, 0.3) is 10.8 Å². The van der Waals surface area contributed by atoms with Gasteiger partial charge in [0.25, 0.3) is 0 Å². The molecular formula is C15H16BrNO2. The number of carbonyl (C=O) groups excluding carboxylic acids is 1. The molecule has 1 atom stereocenters. The number of hydrogen-bond donors (Lipinski definition) is 2. The fraction of sp³-hybridized carbons (Fsp3) is 0.267. The third-order valence-corrected chi connectivity index (χ3v) is 3.37. The van der Waals surface area contributed by atoms with Gasteiger partial charge >= 0.3 is 0 Å². The predicted octanol–water partition coefficient (Wildman–Crippen LogP) is 3.70. The van der Waals surface area contributed by atoms with Crippen LogP contribution in [0.4, 0.5) is 5.69 Å². The molecule has 1 unspecified atom stereocenters. The van der Waals surface area contributed by atoms with Crippen molar-refractivity contribution in [2.45, 2.75) is 25.9 Å². The molecule has 0 saturated carbocycles. The van der Waals surface area contributed by atoms with Gasteiger partial charge in [0.1, 0.15) is 0 Å². The van der Waals surface area contributed by atoms with Crippen LogP contribution in [-0.4, -0.2) is 17.1 Å². The van der Waals surface area contributed by atoms with Gasteiger partial charge in [-0.2, -0.15) is 0 Å². The lowest BCUT2D eigenvalue weighted by atomic mass is 10.1. The lowest BCUT2D eigenvalue weighted by Crippen LogP contribution is -2.13. The number of fused-ring (bicyclic) bond motifs is 1. The van der Waals surface area contributed by atoms with Crippen LogP contribution in [-0.2, 0) is 4.79 Å². The van der Waals surface area contributed by atoms with E-state index in [1.165, 1.54) is 0 Å². The predicted molar refractivity (Wildman–Crippen MR) is 81.2 cm³/mol. The van der Waals surface area contributed by atoms with E-state index >= 15 is 0 Å². The Kier molecular flexibility index (Phi) is 4.56. The third kappa shape index (κ3) is 4.04. The zero-order chi connectivity index (χ0) is 13.8. The number of rotatable bonds is 4. The first kappa shape index (κ1) is 14.0. The summed E-state index contributed by atoms with van der Waals surface area (Å²) in [5.41, 5.74) is 0.783. The highest BCUT2D eigenvalue weighted by atomic mass is 79.9. The first-order valence-electron chi connectivity index (χ1n) is 6.22. The molecule has 0 fully saturated rings. The Morgan fingerprint density at radius 2 is 1.95 bits per heavy atom. The normalized spacial score (nSPS) is 12.4. The van der Waals surface area contributed by atoms with Crippen LogP contribution in [0.15, 0.2) is 40.9 Å². The summed E-state index contributed by atoms with van der Waals surface area (Å²) in [6, 6.07) is 11.8. The van der Waals surface area contributed by atoms with Crippen LogP contribution >= 0.6 is 15.9 Å². The van der Waals surface area contributed by atoms with E-state index in [1.807, 2.05) is 36.4 Å². The molecule has 0 aliphatic rings. The number of aliphatic hydroxyl groups excluding tert-OH is 1. The molecule has 19 heavy (non-hydrogen) atoms. The Morgan fingerprint density at radius 1 is 1.26 bits per heavy atom. The topological polar surface area (TPSA) is 49.3 Å². The highest BCUT2D eigenvalue weighted by Crippen LogP contribution is 2.23. The lowest BCUT2D eigenvalue weighted by Gasteiger charge is -2.08. The summed E-state index contributed by atoms with van der Waals surface area (Å²) in [5, 5.41) is 14.2. The number of carbonyl (C=O) groups is 1. The largest absolute Gasteiger partial charge is 0.393 e. The number of amides is 1. The molecule has 1 amide bonds. The Hall–Kier alpha value is -1.39. The van der Waals surface area contributed by atoms with Gasteiger partial charge in [0, 0.05) is 16.6 Å². The Bertz CT molecular complexity index is 596. The third-order valence-electron chi connectivity index (χ3n) is 2.88. The highest BCUT2D eigenvalue weighted by Gasteiger charge is 2.05. The summed E-state index contributed by atoms with van der Waals surface area (Å²) in [4.78, 5) is 11.7. The molecule has 0 radical (unpaired) electrons.